The maximum atomic E-state index is 9.17. The summed E-state index contributed by atoms with van der Waals surface area (Å²) < 4.78 is 0. The Labute approximate surface area is 136 Å². The number of aromatic nitrogens is 3. The highest BCUT2D eigenvalue weighted by molar-refractivity contribution is 5.46. The van der Waals surface area contributed by atoms with Crippen molar-refractivity contribution in [3.8, 4) is 6.07 Å². The van der Waals surface area contributed by atoms with Gasteiger partial charge in [-0.25, -0.2) is 4.98 Å². The van der Waals surface area contributed by atoms with Gasteiger partial charge in [-0.05, 0) is 43.5 Å². The van der Waals surface area contributed by atoms with Gasteiger partial charge in [0.15, 0.2) is 5.82 Å². The first-order chi connectivity index (χ1) is 11.2. The standard InChI is InChI=1S/C17H20N6/c1-13-7-8-16(20-15(13)11-18)22(2)14-5-4-10-23(12-14)17-6-3-9-19-21-17/h3,6-9,14H,4-5,10,12H2,1-2H3. The Morgan fingerprint density at radius 3 is 2.96 bits per heavy atom. The van der Waals surface area contributed by atoms with E-state index in [4.69, 9.17) is 0 Å². The van der Waals surface area contributed by atoms with E-state index >= 15 is 0 Å². The number of hydrogen-bond acceptors (Lipinski definition) is 6. The maximum Gasteiger partial charge on any atom is 0.151 e. The zero-order chi connectivity index (χ0) is 16.2. The Morgan fingerprint density at radius 2 is 2.22 bits per heavy atom. The van der Waals surface area contributed by atoms with Crippen LogP contribution in [0.5, 0.6) is 0 Å². The van der Waals surface area contributed by atoms with Gasteiger partial charge in [0.05, 0.1) is 0 Å². The van der Waals surface area contributed by atoms with Gasteiger partial charge in [-0.1, -0.05) is 6.07 Å². The second-order valence-corrected chi connectivity index (χ2v) is 5.88. The molecule has 0 saturated carbocycles. The number of rotatable bonds is 3. The molecule has 0 aromatic carbocycles. The fraction of sp³-hybridized carbons (Fsp3) is 0.412. The average Bonchev–Trinajstić information content (AvgIpc) is 2.62. The first-order valence-corrected chi connectivity index (χ1v) is 7.82. The molecule has 0 bridgehead atoms. The third-order valence-corrected chi connectivity index (χ3v) is 4.38. The number of anilines is 2. The summed E-state index contributed by atoms with van der Waals surface area (Å²) in [6.45, 7) is 3.78. The zero-order valence-corrected chi connectivity index (χ0v) is 13.5. The van der Waals surface area contributed by atoms with Gasteiger partial charge in [-0.15, -0.1) is 5.10 Å². The second-order valence-electron chi connectivity index (χ2n) is 5.88. The topological polar surface area (TPSA) is 68.9 Å². The molecule has 2 aromatic rings. The third kappa shape index (κ3) is 3.24. The molecule has 3 rings (SSSR count). The first-order valence-electron chi connectivity index (χ1n) is 7.82. The van der Waals surface area contributed by atoms with Crippen molar-refractivity contribution in [1.82, 2.24) is 15.2 Å². The van der Waals surface area contributed by atoms with Crippen LogP contribution in [0.2, 0.25) is 0 Å². The van der Waals surface area contributed by atoms with E-state index < -0.39 is 0 Å². The Bertz CT molecular complexity index is 709. The summed E-state index contributed by atoms with van der Waals surface area (Å²) in [6, 6.07) is 10.4. The molecule has 6 nitrogen and oxygen atoms in total. The number of pyridine rings is 1. The fourth-order valence-corrected chi connectivity index (χ4v) is 2.96. The third-order valence-electron chi connectivity index (χ3n) is 4.38. The predicted molar refractivity (Wildman–Crippen MR) is 89.4 cm³/mol. The van der Waals surface area contributed by atoms with Gasteiger partial charge >= 0.3 is 0 Å². The molecule has 1 atom stereocenters. The summed E-state index contributed by atoms with van der Waals surface area (Å²) in [4.78, 5) is 8.91. The van der Waals surface area contributed by atoms with Crippen LogP contribution in [0.25, 0.3) is 0 Å². The molecule has 1 aliphatic rings. The Hall–Kier alpha value is -2.68. The molecule has 23 heavy (non-hydrogen) atoms. The summed E-state index contributed by atoms with van der Waals surface area (Å²) in [6.07, 6.45) is 3.89. The van der Waals surface area contributed by atoms with E-state index in [1.165, 1.54) is 0 Å². The molecule has 0 N–H and O–H groups in total. The molecule has 1 fully saturated rings. The van der Waals surface area contributed by atoms with Crippen molar-refractivity contribution in [2.75, 3.05) is 29.9 Å². The summed E-state index contributed by atoms with van der Waals surface area (Å²) in [5.74, 6) is 1.76. The minimum absolute atomic E-state index is 0.340. The van der Waals surface area contributed by atoms with Gasteiger partial charge in [0.2, 0.25) is 0 Å². The molecule has 1 unspecified atom stereocenters. The minimum Gasteiger partial charge on any atom is -0.355 e. The van der Waals surface area contributed by atoms with E-state index in [0.29, 0.717) is 11.7 Å². The molecular weight excluding hydrogens is 288 g/mol. The zero-order valence-electron chi connectivity index (χ0n) is 13.5. The van der Waals surface area contributed by atoms with Crippen molar-refractivity contribution in [1.29, 1.82) is 5.26 Å². The van der Waals surface area contributed by atoms with Gasteiger partial charge in [0.25, 0.3) is 0 Å². The maximum absolute atomic E-state index is 9.17. The lowest BCUT2D eigenvalue weighted by molar-refractivity contribution is 0.482. The van der Waals surface area contributed by atoms with Crippen molar-refractivity contribution in [3.05, 3.63) is 41.7 Å². The van der Waals surface area contributed by atoms with Crippen molar-refractivity contribution in [3.63, 3.8) is 0 Å². The number of aryl methyl sites for hydroxylation is 1. The van der Waals surface area contributed by atoms with Gasteiger partial charge in [-0.3, -0.25) is 0 Å². The number of nitriles is 1. The smallest absolute Gasteiger partial charge is 0.151 e. The number of nitrogens with zero attached hydrogens (tertiary/aromatic N) is 6. The van der Waals surface area contributed by atoms with Crippen molar-refractivity contribution in [2.45, 2.75) is 25.8 Å². The molecule has 118 valence electrons. The van der Waals surface area contributed by atoms with E-state index in [0.717, 1.165) is 43.1 Å². The Kier molecular flexibility index (Phi) is 4.38. The Morgan fingerprint density at radius 1 is 1.35 bits per heavy atom. The van der Waals surface area contributed by atoms with Gasteiger partial charge in [-0.2, -0.15) is 10.4 Å². The van der Waals surface area contributed by atoms with Crippen LogP contribution in [0.15, 0.2) is 30.5 Å². The summed E-state index contributed by atoms with van der Waals surface area (Å²) in [5, 5.41) is 17.3. The van der Waals surface area contributed by atoms with Gasteiger partial charge in [0.1, 0.15) is 17.6 Å². The minimum atomic E-state index is 0.340. The van der Waals surface area contributed by atoms with E-state index in [-0.39, 0.29) is 0 Å². The van der Waals surface area contributed by atoms with Crippen LogP contribution in [0.3, 0.4) is 0 Å². The number of piperidine rings is 1. The first kappa shape index (κ1) is 15.2. The largest absolute Gasteiger partial charge is 0.355 e. The lowest BCUT2D eigenvalue weighted by Crippen LogP contribution is -2.47. The lowest BCUT2D eigenvalue weighted by atomic mass is 10.0. The van der Waals surface area contributed by atoms with Gasteiger partial charge in [0, 0.05) is 32.4 Å². The molecule has 0 spiro atoms. The molecule has 2 aromatic heterocycles. The van der Waals surface area contributed by atoms with Crippen LogP contribution >= 0.6 is 0 Å². The molecule has 0 amide bonds. The van der Waals surface area contributed by atoms with Crippen molar-refractivity contribution < 1.29 is 0 Å². The molecule has 1 saturated heterocycles. The fourth-order valence-electron chi connectivity index (χ4n) is 2.96. The van der Waals surface area contributed by atoms with Crippen LogP contribution in [0.4, 0.5) is 11.6 Å². The molecule has 0 aliphatic carbocycles. The van der Waals surface area contributed by atoms with E-state index in [2.05, 4.69) is 31.1 Å². The lowest BCUT2D eigenvalue weighted by Gasteiger charge is -2.38. The van der Waals surface area contributed by atoms with Crippen LogP contribution in [-0.4, -0.2) is 41.4 Å². The van der Waals surface area contributed by atoms with Crippen molar-refractivity contribution >= 4 is 11.6 Å². The van der Waals surface area contributed by atoms with E-state index in [9.17, 15) is 5.26 Å². The van der Waals surface area contributed by atoms with Crippen LogP contribution in [0.1, 0.15) is 24.1 Å². The summed E-state index contributed by atoms with van der Waals surface area (Å²) in [5.41, 5.74) is 1.41. The monoisotopic (exact) mass is 308 g/mol. The normalized spacial score (nSPS) is 17.6. The van der Waals surface area contributed by atoms with Crippen LogP contribution in [0, 0.1) is 18.3 Å². The SMILES string of the molecule is Cc1ccc(N(C)C2CCCN(c3cccnn3)C2)nc1C#N. The average molecular weight is 308 g/mol. The van der Waals surface area contributed by atoms with Crippen LogP contribution < -0.4 is 9.80 Å². The summed E-state index contributed by atoms with van der Waals surface area (Å²) >= 11 is 0. The van der Waals surface area contributed by atoms with E-state index in [1.54, 1.807) is 6.20 Å². The molecule has 1 aliphatic heterocycles. The summed E-state index contributed by atoms with van der Waals surface area (Å²) in [7, 11) is 2.05. The van der Waals surface area contributed by atoms with Gasteiger partial charge < -0.3 is 9.80 Å². The highest BCUT2D eigenvalue weighted by Gasteiger charge is 2.25. The molecule has 3 heterocycles. The highest BCUT2D eigenvalue weighted by Crippen LogP contribution is 2.23. The number of hydrogen-bond donors (Lipinski definition) is 0. The molecule has 6 heteroatoms. The predicted octanol–water partition coefficient (Wildman–Crippen LogP) is 2.16. The number of likely N-dealkylation sites (N-methyl/N-ethyl adjacent to an activating group) is 1. The second kappa shape index (κ2) is 6.61. The van der Waals surface area contributed by atoms with E-state index in [1.807, 2.05) is 38.2 Å². The van der Waals surface area contributed by atoms with Crippen molar-refractivity contribution in [2.24, 2.45) is 0 Å². The highest BCUT2D eigenvalue weighted by atomic mass is 15.3. The van der Waals surface area contributed by atoms with Crippen LogP contribution in [-0.2, 0) is 0 Å². The Balaban J connectivity index is 1.77. The molecule has 0 radical (unpaired) electrons. The molecular formula is C17H20N6. The quantitative estimate of drug-likeness (QED) is 0.865.